The molecule has 11 rings (SSSR count). The van der Waals surface area contributed by atoms with Gasteiger partial charge in [-0.05, 0) is 140 Å². The first kappa shape index (κ1) is 30.5. The number of hydrogen-bond acceptors (Lipinski definition) is 2. The lowest BCUT2D eigenvalue weighted by molar-refractivity contribution is 1.30. The van der Waals surface area contributed by atoms with E-state index in [-0.39, 0.29) is 0 Å². The minimum absolute atomic E-state index is 1.14. The summed E-state index contributed by atoms with van der Waals surface area (Å²) >= 11 is 0. The minimum atomic E-state index is 1.14. The lowest BCUT2D eigenvalue weighted by atomic mass is 9.78. The molecule has 0 spiro atoms. The zero-order valence-electron chi connectivity index (χ0n) is 29.5. The molecule has 10 aromatic carbocycles. The van der Waals surface area contributed by atoms with E-state index in [0.29, 0.717) is 0 Å². The van der Waals surface area contributed by atoms with Crippen LogP contribution in [-0.4, -0.2) is 0 Å². The molecule has 2 heteroatoms. The van der Waals surface area contributed by atoms with Crippen LogP contribution in [-0.2, 0) is 0 Å². The Balaban J connectivity index is 1.02. The fourth-order valence-corrected chi connectivity index (χ4v) is 8.49. The van der Waals surface area contributed by atoms with Crippen molar-refractivity contribution in [3.63, 3.8) is 0 Å². The molecule has 0 aromatic heterocycles. The fourth-order valence-electron chi connectivity index (χ4n) is 8.49. The molecule has 252 valence electrons. The molecule has 0 bridgehead atoms. The van der Waals surface area contributed by atoms with Gasteiger partial charge in [0.25, 0.3) is 0 Å². The molecule has 0 radical (unpaired) electrons. The van der Waals surface area contributed by atoms with E-state index in [9.17, 15) is 0 Å². The zero-order valence-corrected chi connectivity index (χ0v) is 29.5. The molecule has 0 atom stereocenters. The van der Waals surface area contributed by atoms with Gasteiger partial charge in [-0.1, -0.05) is 121 Å². The van der Waals surface area contributed by atoms with Crippen molar-refractivity contribution in [2.75, 3.05) is 9.80 Å². The van der Waals surface area contributed by atoms with Crippen molar-refractivity contribution in [2.24, 2.45) is 0 Å². The Morgan fingerprint density at radius 3 is 1.04 bits per heavy atom. The predicted octanol–water partition coefficient (Wildman–Crippen LogP) is 14.9. The molecule has 54 heavy (non-hydrogen) atoms. The summed E-state index contributed by atoms with van der Waals surface area (Å²) in [5.74, 6) is 0. The van der Waals surface area contributed by atoms with Crippen LogP contribution >= 0.6 is 0 Å². The van der Waals surface area contributed by atoms with Crippen molar-refractivity contribution in [3.05, 3.63) is 206 Å². The molecule has 0 saturated heterocycles. The lowest BCUT2D eigenvalue weighted by Crippen LogP contribution is -2.10. The maximum absolute atomic E-state index is 2.39. The molecule has 2 nitrogen and oxygen atoms in total. The third kappa shape index (κ3) is 4.88. The smallest absolute Gasteiger partial charge is 0.0540 e. The van der Waals surface area contributed by atoms with Gasteiger partial charge in [-0.3, -0.25) is 0 Å². The molecular formula is C52H34N2. The van der Waals surface area contributed by atoms with E-state index in [1.165, 1.54) is 76.7 Å². The van der Waals surface area contributed by atoms with Gasteiger partial charge in [0.1, 0.15) is 0 Å². The van der Waals surface area contributed by atoms with Crippen molar-refractivity contribution < 1.29 is 0 Å². The van der Waals surface area contributed by atoms with Crippen molar-refractivity contribution in [2.45, 2.75) is 0 Å². The van der Waals surface area contributed by atoms with Crippen LogP contribution in [0.4, 0.5) is 34.1 Å². The van der Waals surface area contributed by atoms with Gasteiger partial charge in [0.15, 0.2) is 0 Å². The molecule has 0 fully saturated rings. The fraction of sp³-hybridized carbons (Fsp3) is 0. The van der Waals surface area contributed by atoms with Crippen LogP contribution in [0.2, 0.25) is 0 Å². The first-order valence-corrected chi connectivity index (χ1v) is 18.6. The average Bonchev–Trinajstić information content (AvgIpc) is 3.23. The second-order valence-corrected chi connectivity index (χ2v) is 14.2. The van der Waals surface area contributed by atoms with E-state index >= 15 is 0 Å². The zero-order chi connectivity index (χ0) is 35.6. The lowest BCUT2D eigenvalue weighted by Gasteiger charge is -2.29. The molecule has 0 unspecified atom stereocenters. The van der Waals surface area contributed by atoms with Crippen molar-refractivity contribution in [1.29, 1.82) is 0 Å². The summed E-state index contributed by atoms with van der Waals surface area (Å²) in [6.45, 7) is 0. The maximum atomic E-state index is 2.39. The van der Waals surface area contributed by atoms with E-state index in [4.69, 9.17) is 0 Å². The highest BCUT2D eigenvalue weighted by atomic mass is 15.1. The summed E-state index contributed by atoms with van der Waals surface area (Å²) in [6, 6.07) is 75.2. The molecular weight excluding hydrogens is 653 g/mol. The van der Waals surface area contributed by atoms with Crippen LogP contribution in [0.5, 0.6) is 0 Å². The van der Waals surface area contributed by atoms with Crippen LogP contribution in [0.15, 0.2) is 206 Å². The van der Waals surface area contributed by atoms with E-state index in [1.54, 1.807) is 0 Å². The third-order valence-corrected chi connectivity index (χ3v) is 11.1. The van der Waals surface area contributed by atoms with Crippen LogP contribution in [0, 0.1) is 0 Å². The SMILES string of the molecule is c1ccc(N(c2ccc3cc4c(cc3c2)-c2cc3cc(N(c5ccccc5)c5cccc6ccccc56)ccc3cc2-4)c2cccc3ccccc23)cc1. The summed E-state index contributed by atoms with van der Waals surface area (Å²) in [4.78, 5) is 4.77. The molecule has 0 aliphatic heterocycles. The van der Waals surface area contributed by atoms with Crippen LogP contribution in [0.25, 0.3) is 65.3 Å². The van der Waals surface area contributed by atoms with Gasteiger partial charge in [-0.2, -0.15) is 0 Å². The van der Waals surface area contributed by atoms with Crippen LogP contribution < -0.4 is 9.80 Å². The quantitative estimate of drug-likeness (QED) is 0.172. The highest BCUT2D eigenvalue weighted by Gasteiger charge is 2.25. The minimum Gasteiger partial charge on any atom is -0.310 e. The van der Waals surface area contributed by atoms with Crippen LogP contribution in [0.3, 0.4) is 0 Å². The van der Waals surface area contributed by atoms with E-state index < -0.39 is 0 Å². The van der Waals surface area contributed by atoms with Crippen molar-refractivity contribution >= 4 is 77.2 Å². The number of hydrogen-bond donors (Lipinski definition) is 0. The summed E-state index contributed by atoms with van der Waals surface area (Å²) in [5.41, 5.74) is 12.2. The monoisotopic (exact) mass is 686 g/mol. The van der Waals surface area contributed by atoms with Gasteiger partial charge < -0.3 is 9.80 Å². The Morgan fingerprint density at radius 1 is 0.222 bits per heavy atom. The number of fused-ring (bicyclic) bond motifs is 8. The summed E-state index contributed by atoms with van der Waals surface area (Å²) < 4.78 is 0. The van der Waals surface area contributed by atoms with E-state index in [0.717, 1.165) is 22.7 Å². The number of anilines is 6. The van der Waals surface area contributed by atoms with Gasteiger partial charge in [0.2, 0.25) is 0 Å². The standard InChI is InChI=1S/C52H34N2/c1-3-17-41(18-4-1)53(51-23-11-15-35-13-7-9-21-45(35)51)43-27-25-37-31-47-48-32-38-26-28-44(30-40(38)34-50(48)49(47)33-39(37)29-43)54(42-19-5-2-6-20-42)52-24-12-16-36-14-8-10-22-46(36)52/h1-34H. The summed E-state index contributed by atoms with van der Waals surface area (Å²) in [7, 11) is 0. The largest absolute Gasteiger partial charge is 0.310 e. The van der Waals surface area contributed by atoms with Crippen LogP contribution in [0.1, 0.15) is 0 Å². The van der Waals surface area contributed by atoms with E-state index in [1.807, 2.05) is 0 Å². The Morgan fingerprint density at radius 2 is 0.593 bits per heavy atom. The highest BCUT2D eigenvalue weighted by molar-refractivity contribution is 6.13. The Labute approximate surface area is 314 Å². The molecule has 1 aliphatic rings. The normalized spacial score (nSPS) is 11.7. The van der Waals surface area contributed by atoms with Gasteiger partial charge in [-0.25, -0.2) is 0 Å². The third-order valence-electron chi connectivity index (χ3n) is 11.1. The Hall–Kier alpha value is -7.16. The number of nitrogens with zero attached hydrogens (tertiary/aromatic N) is 2. The molecule has 0 saturated carbocycles. The average molecular weight is 687 g/mol. The molecule has 0 heterocycles. The highest BCUT2D eigenvalue weighted by Crippen LogP contribution is 2.51. The second kappa shape index (κ2) is 12.2. The molecule has 1 aliphatic carbocycles. The molecule has 10 aromatic rings. The van der Waals surface area contributed by atoms with Crippen molar-refractivity contribution in [3.8, 4) is 22.3 Å². The van der Waals surface area contributed by atoms with Gasteiger partial charge in [0.05, 0.1) is 11.4 Å². The van der Waals surface area contributed by atoms with Gasteiger partial charge >= 0.3 is 0 Å². The summed E-state index contributed by atoms with van der Waals surface area (Å²) in [5, 5.41) is 9.88. The predicted molar refractivity (Wildman–Crippen MR) is 230 cm³/mol. The molecule has 0 N–H and O–H groups in total. The van der Waals surface area contributed by atoms with E-state index in [2.05, 4.69) is 216 Å². The topological polar surface area (TPSA) is 6.48 Å². The maximum Gasteiger partial charge on any atom is 0.0540 e. The first-order valence-electron chi connectivity index (χ1n) is 18.6. The van der Waals surface area contributed by atoms with Gasteiger partial charge in [0, 0.05) is 33.5 Å². The number of benzene rings is 10. The Bertz CT molecular complexity index is 2840. The second-order valence-electron chi connectivity index (χ2n) is 14.2. The Kier molecular flexibility index (Phi) is 6.90. The summed E-state index contributed by atoms with van der Waals surface area (Å²) in [6.07, 6.45) is 0. The van der Waals surface area contributed by atoms with Crippen molar-refractivity contribution in [1.82, 2.24) is 0 Å². The number of rotatable bonds is 6. The molecule has 0 amide bonds. The van der Waals surface area contributed by atoms with Gasteiger partial charge in [-0.15, -0.1) is 0 Å². The number of para-hydroxylation sites is 2. The first-order chi connectivity index (χ1) is 26.8.